The fraction of sp³-hybridized carbons (Fsp3) is 0.545. The molecule has 0 saturated carbocycles. The number of hydrogen-bond acceptors (Lipinski definition) is 1. The minimum absolute atomic E-state index is 0.135. The Morgan fingerprint density at radius 1 is 1.32 bits per heavy atom. The molecular weight excluding hydrogens is 370 g/mol. The lowest BCUT2D eigenvalue weighted by molar-refractivity contribution is 0.432. The molecule has 0 aliphatic heterocycles. The number of rotatable bonds is 6. The zero-order valence-electron chi connectivity index (χ0n) is 10.3. The van der Waals surface area contributed by atoms with Crippen LogP contribution in [-0.4, -0.2) is 16.1 Å². The second kappa shape index (κ2) is 5.07. The van der Waals surface area contributed by atoms with Crippen LogP contribution in [0.2, 0.25) is 0 Å². The van der Waals surface area contributed by atoms with E-state index in [-0.39, 0.29) is 6.42 Å². The molecule has 1 rings (SSSR count). The highest BCUT2D eigenvalue weighted by atomic mass is 79.9. The number of pyridine rings is 1. The van der Waals surface area contributed by atoms with Crippen molar-refractivity contribution in [2.75, 3.05) is 5.75 Å². The van der Waals surface area contributed by atoms with Crippen molar-refractivity contribution in [3.8, 4) is 0 Å². The molecule has 19 heavy (non-hydrogen) atoms. The molecule has 1 nitrogen and oxygen atoms in total. The summed E-state index contributed by atoms with van der Waals surface area (Å²) in [5.74, 6) is -1.64. The molecule has 112 valence electrons. The smallest absolute Gasteiger partial charge is 0.202 e. The van der Waals surface area contributed by atoms with Crippen molar-refractivity contribution in [3.63, 3.8) is 0 Å². The van der Waals surface area contributed by atoms with E-state index in [0.29, 0.717) is 23.4 Å². The summed E-state index contributed by atoms with van der Waals surface area (Å²) in [4.78, 5) is 3.17. The summed E-state index contributed by atoms with van der Waals surface area (Å²) in [6.07, 6.45) is 2.32. The van der Waals surface area contributed by atoms with Crippen molar-refractivity contribution >= 4 is 37.4 Å². The molecule has 0 aromatic carbocycles. The van der Waals surface area contributed by atoms with Gasteiger partial charge in [-0.3, -0.25) is 0 Å². The Morgan fingerprint density at radius 3 is 2.42 bits per heavy atom. The second-order valence-electron chi connectivity index (χ2n) is 4.46. The molecule has 8 heteroatoms. The van der Waals surface area contributed by atoms with Gasteiger partial charge in [-0.25, -0.2) is 4.98 Å². The van der Waals surface area contributed by atoms with E-state index >= 15 is 0 Å². The van der Waals surface area contributed by atoms with Gasteiger partial charge in [0.2, 0.25) is 9.84 Å². The lowest BCUT2D eigenvalue weighted by Gasteiger charge is -2.49. The largest absolute Gasteiger partial charge is 0.242 e. The van der Waals surface area contributed by atoms with E-state index < -0.39 is 26.0 Å². The molecule has 1 aromatic rings. The standard InChI is InChI=1S/C11H15BrClF4NS/c1-2-3-4-10(13)8-19(14,15,16,17)11-6-5-9(12)7-18-11/h5-7,10H,2-4,8H2,1H3. The first-order chi connectivity index (χ1) is 8.47. The van der Waals surface area contributed by atoms with Crippen LogP contribution < -0.4 is 0 Å². The summed E-state index contributed by atoms with van der Waals surface area (Å²) >= 11 is 8.60. The summed E-state index contributed by atoms with van der Waals surface area (Å²) in [7, 11) is -8.40. The number of unbranched alkanes of at least 4 members (excludes halogenated alkanes) is 1. The van der Waals surface area contributed by atoms with Crippen LogP contribution in [0, 0.1) is 0 Å². The van der Waals surface area contributed by atoms with Gasteiger partial charge in [0.25, 0.3) is 0 Å². The van der Waals surface area contributed by atoms with Gasteiger partial charge in [-0.2, -0.15) is 0 Å². The maximum atomic E-state index is 14.0. The van der Waals surface area contributed by atoms with Crippen molar-refractivity contribution in [3.05, 3.63) is 22.8 Å². The number of aromatic nitrogens is 1. The highest BCUT2D eigenvalue weighted by molar-refractivity contribution is 9.10. The van der Waals surface area contributed by atoms with E-state index in [1.165, 1.54) is 0 Å². The van der Waals surface area contributed by atoms with Gasteiger partial charge >= 0.3 is 0 Å². The van der Waals surface area contributed by atoms with Gasteiger partial charge in [-0.1, -0.05) is 19.8 Å². The number of halogens is 6. The molecular formula is C11H15BrClF4NS. The monoisotopic (exact) mass is 383 g/mol. The average molecular weight is 385 g/mol. The van der Waals surface area contributed by atoms with Gasteiger partial charge in [0.15, 0.2) is 5.03 Å². The Hall–Kier alpha value is -0.0100. The molecule has 0 bridgehead atoms. The fourth-order valence-electron chi connectivity index (χ4n) is 1.59. The van der Waals surface area contributed by atoms with Crippen molar-refractivity contribution in [1.29, 1.82) is 0 Å². The number of alkyl halides is 1. The molecule has 0 amide bonds. The van der Waals surface area contributed by atoms with Crippen LogP contribution in [0.3, 0.4) is 0 Å². The van der Waals surface area contributed by atoms with E-state index in [1.54, 1.807) is 0 Å². The van der Waals surface area contributed by atoms with Crippen molar-refractivity contribution in [2.45, 2.75) is 36.6 Å². The number of hydrogen-bond donors (Lipinski definition) is 0. The normalized spacial score (nSPS) is 17.6. The van der Waals surface area contributed by atoms with Gasteiger partial charge < -0.3 is 0 Å². The first kappa shape index (κ1) is 17.0. The van der Waals surface area contributed by atoms with Crippen LogP contribution in [-0.2, 0) is 0 Å². The van der Waals surface area contributed by atoms with Gasteiger partial charge in [-0.15, -0.1) is 27.1 Å². The van der Waals surface area contributed by atoms with Crippen molar-refractivity contribution in [2.24, 2.45) is 0 Å². The van der Waals surface area contributed by atoms with Crippen LogP contribution in [0.4, 0.5) is 15.5 Å². The lowest BCUT2D eigenvalue weighted by Crippen LogP contribution is -2.26. The summed E-state index contributed by atoms with van der Waals surface area (Å²) in [6.45, 7) is 1.84. The molecule has 0 spiro atoms. The summed E-state index contributed by atoms with van der Waals surface area (Å²) < 4.78 is 56.2. The molecule has 0 aliphatic carbocycles. The Kier molecular flexibility index (Phi) is 4.55. The van der Waals surface area contributed by atoms with Gasteiger partial charge in [0.1, 0.15) is 0 Å². The second-order valence-corrected chi connectivity index (χ2v) is 9.22. The Bertz CT molecular complexity index is 447. The van der Waals surface area contributed by atoms with Gasteiger partial charge in [0, 0.05) is 16.0 Å². The van der Waals surface area contributed by atoms with E-state index in [0.717, 1.165) is 12.3 Å². The van der Waals surface area contributed by atoms with Crippen molar-refractivity contribution in [1.82, 2.24) is 4.98 Å². The average Bonchev–Trinajstić information content (AvgIpc) is 2.24. The van der Waals surface area contributed by atoms with E-state index in [4.69, 9.17) is 11.6 Å². The third-order valence-electron chi connectivity index (χ3n) is 2.55. The molecule has 0 fully saturated rings. The molecule has 0 aliphatic rings. The Balaban J connectivity index is 3.04. The molecule has 1 aromatic heterocycles. The van der Waals surface area contributed by atoms with E-state index in [2.05, 4.69) is 20.9 Å². The van der Waals surface area contributed by atoms with Crippen LogP contribution >= 0.6 is 37.4 Å². The predicted molar refractivity (Wildman–Crippen MR) is 76.3 cm³/mol. The minimum atomic E-state index is -8.40. The summed E-state index contributed by atoms with van der Waals surface area (Å²) in [5.41, 5.74) is 0. The highest BCUT2D eigenvalue weighted by Crippen LogP contribution is 3.00. The van der Waals surface area contributed by atoms with Gasteiger partial charge in [-0.05, 0) is 34.5 Å². The quantitative estimate of drug-likeness (QED) is 0.407. The molecule has 0 radical (unpaired) electrons. The van der Waals surface area contributed by atoms with Crippen LogP contribution in [0.1, 0.15) is 26.2 Å². The number of nitrogens with zero attached hydrogens (tertiary/aromatic N) is 1. The maximum absolute atomic E-state index is 14.0. The SMILES string of the molecule is CCCCC(Cl)CS(F)(F)(F)(F)c1ccc(Br)cn1. The highest BCUT2D eigenvalue weighted by Gasteiger charge is 2.66. The minimum Gasteiger partial charge on any atom is -0.242 e. The van der Waals surface area contributed by atoms with Crippen LogP contribution in [0.25, 0.3) is 0 Å². The molecule has 0 N–H and O–H groups in total. The molecule has 1 heterocycles. The summed E-state index contributed by atoms with van der Waals surface area (Å²) in [6, 6.07) is 1.77. The first-order valence-electron chi connectivity index (χ1n) is 5.72. The third kappa shape index (κ3) is 4.79. The molecule has 1 unspecified atom stereocenters. The van der Waals surface area contributed by atoms with E-state index in [9.17, 15) is 15.5 Å². The predicted octanol–water partition coefficient (Wildman–Crippen LogP) is 6.41. The van der Waals surface area contributed by atoms with Gasteiger partial charge in [0.05, 0.1) is 5.75 Å². The maximum Gasteiger partial charge on any atom is 0.202 e. The third-order valence-corrected chi connectivity index (χ3v) is 5.82. The zero-order chi connectivity index (χ0) is 14.8. The van der Waals surface area contributed by atoms with Crippen LogP contribution in [0.15, 0.2) is 27.8 Å². The molecule has 1 atom stereocenters. The topological polar surface area (TPSA) is 12.9 Å². The zero-order valence-corrected chi connectivity index (χ0v) is 13.4. The molecule has 0 saturated heterocycles. The Morgan fingerprint density at radius 2 is 1.95 bits per heavy atom. The first-order valence-corrected chi connectivity index (χ1v) is 9.17. The Labute approximate surface area is 123 Å². The van der Waals surface area contributed by atoms with E-state index in [1.807, 2.05) is 6.92 Å². The lowest BCUT2D eigenvalue weighted by atomic mass is 10.2. The summed E-state index contributed by atoms with van der Waals surface area (Å²) in [5, 5.41) is -2.73. The fourth-order valence-corrected chi connectivity index (χ4v) is 4.46. The van der Waals surface area contributed by atoms with Crippen molar-refractivity contribution < 1.29 is 15.5 Å². The van der Waals surface area contributed by atoms with Crippen LogP contribution in [0.5, 0.6) is 0 Å².